The van der Waals surface area contributed by atoms with Gasteiger partial charge in [-0.3, -0.25) is 0 Å². The Labute approximate surface area is 183 Å². The number of benzene rings is 4. The van der Waals surface area contributed by atoms with Crippen molar-refractivity contribution < 1.29 is 9.47 Å². The first kappa shape index (κ1) is 20.4. The highest BCUT2D eigenvalue weighted by Crippen LogP contribution is 2.35. The van der Waals surface area contributed by atoms with Crippen LogP contribution in [0.1, 0.15) is 22.3 Å². The van der Waals surface area contributed by atoms with Gasteiger partial charge in [-0.1, -0.05) is 36.4 Å². The molecule has 0 aliphatic heterocycles. The summed E-state index contributed by atoms with van der Waals surface area (Å²) in [5.74, 6) is 3.22. The van der Waals surface area contributed by atoms with Gasteiger partial charge >= 0.3 is 0 Å². The molecule has 0 heterocycles. The third-order valence-electron chi connectivity index (χ3n) is 5.17. The maximum atomic E-state index is 6.26. The van der Waals surface area contributed by atoms with Crippen LogP contribution in [0, 0.1) is 13.8 Å². The molecule has 4 N–H and O–H groups in total. The summed E-state index contributed by atoms with van der Waals surface area (Å²) in [5, 5.41) is 0. The van der Waals surface area contributed by atoms with E-state index in [4.69, 9.17) is 20.9 Å². The van der Waals surface area contributed by atoms with Gasteiger partial charge < -0.3 is 20.9 Å². The number of anilines is 2. The molecule has 0 amide bonds. The molecule has 0 saturated heterocycles. The summed E-state index contributed by atoms with van der Waals surface area (Å²) >= 11 is 0. The Kier molecular flexibility index (Phi) is 5.80. The Hall–Kier alpha value is -3.92. The van der Waals surface area contributed by atoms with E-state index in [0.29, 0.717) is 17.8 Å². The highest BCUT2D eigenvalue weighted by Gasteiger charge is 2.14. The lowest BCUT2D eigenvalue weighted by Crippen LogP contribution is -1.99. The predicted molar refractivity (Wildman–Crippen MR) is 127 cm³/mol. The first-order valence-electron chi connectivity index (χ1n) is 10.2. The summed E-state index contributed by atoms with van der Waals surface area (Å²) in [6.07, 6.45) is 0.679. The highest BCUT2D eigenvalue weighted by atomic mass is 16.5. The van der Waals surface area contributed by atoms with E-state index in [2.05, 4.69) is 50.2 Å². The number of nitrogens with two attached hydrogens (primary N) is 2. The van der Waals surface area contributed by atoms with Gasteiger partial charge in [-0.05, 0) is 84.6 Å². The monoisotopic (exact) mass is 410 g/mol. The maximum absolute atomic E-state index is 6.26. The van der Waals surface area contributed by atoms with Gasteiger partial charge in [-0.15, -0.1) is 0 Å². The molecule has 0 aromatic heterocycles. The van der Waals surface area contributed by atoms with Gasteiger partial charge in [-0.25, -0.2) is 0 Å². The molecule has 0 atom stereocenters. The third-order valence-corrected chi connectivity index (χ3v) is 5.17. The van der Waals surface area contributed by atoms with Gasteiger partial charge in [0.1, 0.15) is 23.0 Å². The van der Waals surface area contributed by atoms with E-state index >= 15 is 0 Å². The van der Waals surface area contributed by atoms with Crippen molar-refractivity contribution in [3.63, 3.8) is 0 Å². The van der Waals surface area contributed by atoms with Crippen LogP contribution >= 0.6 is 0 Å². The summed E-state index contributed by atoms with van der Waals surface area (Å²) in [6.45, 7) is 4.11. The van der Waals surface area contributed by atoms with Crippen molar-refractivity contribution >= 4 is 11.4 Å². The summed E-state index contributed by atoms with van der Waals surface area (Å²) in [7, 11) is 0. The SMILES string of the molecule is Cc1cccc(Cc2cccc(C)c2Oc2ccc(N)cc2)c1Oc1ccc(N)cc1. The number of ether oxygens (including phenoxy) is 2. The van der Waals surface area contributed by atoms with Crippen LogP contribution < -0.4 is 20.9 Å². The second kappa shape index (κ2) is 8.84. The van der Waals surface area contributed by atoms with E-state index in [1.807, 2.05) is 48.5 Å². The minimum Gasteiger partial charge on any atom is -0.457 e. The van der Waals surface area contributed by atoms with Gasteiger partial charge in [0, 0.05) is 17.8 Å². The predicted octanol–water partition coefficient (Wildman–Crippen LogP) is 6.64. The van der Waals surface area contributed by atoms with Crippen molar-refractivity contribution in [1.29, 1.82) is 0 Å². The largest absolute Gasteiger partial charge is 0.457 e. The average Bonchev–Trinajstić information content (AvgIpc) is 2.76. The van der Waals surface area contributed by atoms with E-state index < -0.39 is 0 Å². The lowest BCUT2D eigenvalue weighted by atomic mass is 9.99. The first-order valence-corrected chi connectivity index (χ1v) is 10.2. The van der Waals surface area contributed by atoms with Gasteiger partial charge in [-0.2, -0.15) is 0 Å². The normalized spacial score (nSPS) is 10.6. The second-order valence-electron chi connectivity index (χ2n) is 7.65. The molecule has 0 fully saturated rings. The molecule has 0 aliphatic rings. The van der Waals surface area contributed by atoms with Gasteiger partial charge in [0.05, 0.1) is 0 Å². The Morgan fingerprint density at radius 2 is 0.935 bits per heavy atom. The van der Waals surface area contributed by atoms with Crippen LogP contribution in [0.25, 0.3) is 0 Å². The topological polar surface area (TPSA) is 70.5 Å². The minimum absolute atomic E-state index is 0.679. The van der Waals surface area contributed by atoms with Crippen LogP contribution in [0.2, 0.25) is 0 Å². The van der Waals surface area contributed by atoms with Crippen LogP contribution in [0.4, 0.5) is 11.4 Å². The Balaban J connectivity index is 1.66. The van der Waals surface area contributed by atoms with Gasteiger partial charge in [0.25, 0.3) is 0 Å². The molecule has 0 radical (unpaired) electrons. The quantitative estimate of drug-likeness (QED) is 0.349. The molecular formula is C27H26N2O2. The molecule has 0 bridgehead atoms. The zero-order valence-electron chi connectivity index (χ0n) is 17.8. The molecule has 0 aliphatic carbocycles. The molecule has 0 unspecified atom stereocenters. The molecule has 4 aromatic rings. The van der Waals surface area contributed by atoms with Crippen LogP contribution in [0.15, 0.2) is 84.9 Å². The van der Waals surface area contributed by atoms with E-state index in [1.54, 1.807) is 0 Å². The van der Waals surface area contributed by atoms with Crippen molar-refractivity contribution in [2.24, 2.45) is 0 Å². The second-order valence-corrected chi connectivity index (χ2v) is 7.65. The number of hydrogen-bond donors (Lipinski definition) is 2. The smallest absolute Gasteiger partial charge is 0.133 e. The molecule has 4 aromatic carbocycles. The Morgan fingerprint density at radius 1 is 0.548 bits per heavy atom. The van der Waals surface area contributed by atoms with E-state index in [-0.39, 0.29) is 0 Å². The molecular weight excluding hydrogens is 384 g/mol. The fourth-order valence-electron chi connectivity index (χ4n) is 3.51. The molecule has 31 heavy (non-hydrogen) atoms. The van der Waals surface area contributed by atoms with Gasteiger partial charge in [0.15, 0.2) is 0 Å². The first-order chi connectivity index (χ1) is 15.0. The van der Waals surface area contributed by atoms with Crippen molar-refractivity contribution in [2.75, 3.05) is 11.5 Å². The van der Waals surface area contributed by atoms with Crippen molar-refractivity contribution in [3.05, 3.63) is 107 Å². The van der Waals surface area contributed by atoms with Crippen LogP contribution in [0.5, 0.6) is 23.0 Å². The molecule has 4 rings (SSSR count). The molecule has 4 nitrogen and oxygen atoms in total. The average molecular weight is 411 g/mol. The van der Waals surface area contributed by atoms with Crippen molar-refractivity contribution in [2.45, 2.75) is 20.3 Å². The summed E-state index contributed by atoms with van der Waals surface area (Å²) < 4.78 is 12.5. The lowest BCUT2D eigenvalue weighted by molar-refractivity contribution is 0.467. The number of para-hydroxylation sites is 2. The number of aryl methyl sites for hydroxylation is 2. The lowest BCUT2D eigenvalue weighted by Gasteiger charge is -2.17. The standard InChI is InChI=1S/C27H26N2O2/c1-18-5-3-7-20(26(18)30-24-13-9-22(28)10-14-24)17-21-8-4-6-19(2)27(21)31-25-15-11-23(29)12-16-25/h3-16H,17,28-29H2,1-2H3. The zero-order valence-corrected chi connectivity index (χ0v) is 17.8. The summed E-state index contributed by atoms with van der Waals surface area (Å²) in [6, 6.07) is 27.3. The van der Waals surface area contributed by atoms with Crippen LogP contribution in [0.3, 0.4) is 0 Å². The third kappa shape index (κ3) is 4.81. The zero-order chi connectivity index (χ0) is 21.8. The fourth-order valence-corrected chi connectivity index (χ4v) is 3.51. The molecule has 156 valence electrons. The highest BCUT2D eigenvalue weighted by molar-refractivity contribution is 5.52. The van der Waals surface area contributed by atoms with Gasteiger partial charge in [0.2, 0.25) is 0 Å². The van der Waals surface area contributed by atoms with E-state index in [0.717, 1.165) is 45.3 Å². The minimum atomic E-state index is 0.679. The Morgan fingerprint density at radius 3 is 1.32 bits per heavy atom. The maximum Gasteiger partial charge on any atom is 0.133 e. The van der Waals surface area contributed by atoms with Crippen LogP contribution in [-0.2, 0) is 6.42 Å². The van der Waals surface area contributed by atoms with Crippen LogP contribution in [-0.4, -0.2) is 0 Å². The molecule has 0 saturated carbocycles. The van der Waals surface area contributed by atoms with Crippen molar-refractivity contribution in [3.8, 4) is 23.0 Å². The Bertz CT molecular complexity index is 1090. The summed E-state index contributed by atoms with van der Waals surface area (Å²) in [4.78, 5) is 0. The number of nitrogen functional groups attached to an aromatic ring is 2. The van der Waals surface area contributed by atoms with E-state index in [9.17, 15) is 0 Å². The molecule has 0 spiro atoms. The van der Waals surface area contributed by atoms with E-state index in [1.165, 1.54) is 0 Å². The molecule has 4 heteroatoms. The fraction of sp³-hybridized carbons (Fsp3) is 0.111. The summed E-state index contributed by atoms with van der Waals surface area (Å²) in [5.41, 5.74) is 17.4. The van der Waals surface area contributed by atoms with Crippen molar-refractivity contribution in [1.82, 2.24) is 0 Å². The number of rotatable bonds is 6. The number of hydrogen-bond acceptors (Lipinski definition) is 4.